The highest BCUT2D eigenvalue weighted by Gasteiger charge is 2.37. The Morgan fingerprint density at radius 2 is 1.39 bits per heavy atom. The van der Waals surface area contributed by atoms with Crippen molar-refractivity contribution in [2.75, 3.05) is 27.9 Å². The molecule has 0 spiro atoms. The number of carboxylic acids is 1. The first-order valence-electron chi connectivity index (χ1n) is 14.8. The van der Waals surface area contributed by atoms with Crippen LogP contribution in [0.15, 0.2) is 36.4 Å². The predicted molar refractivity (Wildman–Crippen MR) is 156 cm³/mol. The lowest BCUT2D eigenvalue weighted by Gasteiger charge is -2.17. The summed E-state index contributed by atoms with van der Waals surface area (Å²) in [5.41, 5.74) is 1.98. The van der Waals surface area contributed by atoms with Crippen LogP contribution in [0.25, 0.3) is 0 Å². The summed E-state index contributed by atoms with van der Waals surface area (Å²) in [7, 11) is 4.70. The van der Waals surface area contributed by atoms with E-state index in [1.165, 1.54) is 52.1 Å². The molecule has 8 heteroatoms. The summed E-state index contributed by atoms with van der Waals surface area (Å²) in [4.78, 5) is 22.4. The first-order valence-corrected chi connectivity index (χ1v) is 14.8. The van der Waals surface area contributed by atoms with Gasteiger partial charge >= 0.3 is 5.97 Å². The fourth-order valence-corrected chi connectivity index (χ4v) is 5.05. The minimum absolute atomic E-state index is 0.0652. The van der Waals surface area contributed by atoms with Crippen molar-refractivity contribution in [1.82, 2.24) is 0 Å². The zero-order valence-corrected chi connectivity index (χ0v) is 25.1. The van der Waals surface area contributed by atoms with Crippen molar-refractivity contribution < 1.29 is 38.7 Å². The van der Waals surface area contributed by atoms with E-state index in [2.05, 4.69) is 6.92 Å². The van der Waals surface area contributed by atoms with Gasteiger partial charge in [-0.05, 0) is 61.1 Å². The molecule has 1 aliphatic heterocycles. The Labute approximate surface area is 245 Å². The number of aliphatic carboxylic acids is 1. The van der Waals surface area contributed by atoms with Crippen LogP contribution >= 0.6 is 0 Å². The van der Waals surface area contributed by atoms with Crippen LogP contribution < -0.4 is 19.3 Å². The molecule has 0 unspecified atom stereocenters. The van der Waals surface area contributed by atoms with E-state index in [-0.39, 0.29) is 30.0 Å². The van der Waals surface area contributed by atoms with Gasteiger partial charge in [-0.15, -0.1) is 0 Å². The number of carboxylic acid groups (broad SMARTS) is 1. The normalized spacial score (nSPS) is 16.0. The lowest BCUT2D eigenvalue weighted by Crippen LogP contribution is -2.21. The molecule has 41 heavy (non-hydrogen) atoms. The summed E-state index contributed by atoms with van der Waals surface area (Å²) >= 11 is 0. The van der Waals surface area contributed by atoms with Gasteiger partial charge in [0.1, 0.15) is 0 Å². The molecule has 1 heterocycles. The minimum atomic E-state index is -0.909. The molecule has 0 amide bonds. The van der Waals surface area contributed by atoms with Gasteiger partial charge in [-0.2, -0.15) is 0 Å². The monoisotopic (exact) mass is 571 g/mol. The highest BCUT2D eigenvalue weighted by molar-refractivity contribution is 5.75. The van der Waals surface area contributed by atoms with Crippen LogP contribution in [0.3, 0.4) is 0 Å². The average Bonchev–Trinajstić information content (AvgIpc) is 3.31. The molecule has 2 atom stereocenters. The van der Waals surface area contributed by atoms with Crippen LogP contribution in [0.2, 0.25) is 0 Å². The van der Waals surface area contributed by atoms with Gasteiger partial charge in [0.25, 0.3) is 0 Å². The number of benzene rings is 2. The Morgan fingerprint density at radius 1 is 0.829 bits per heavy atom. The van der Waals surface area contributed by atoms with Gasteiger partial charge in [0.05, 0.1) is 33.9 Å². The van der Waals surface area contributed by atoms with Crippen molar-refractivity contribution in [1.29, 1.82) is 0 Å². The Bertz CT molecular complexity index is 1070. The van der Waals surface area contributed by atoms with Gasteiger partial charge in [-0.3, -0.25) is 4.79 Å². The number of unbranched alkanes of at least 4 members (excludes halogenated alkanes) is 8. The average molecular weight is 572 g/mol. The maximum absolute atomic E-state index is 12.3. The van der Waals surface area contributed by atoms with Crippen LogP contribution in [0.1, 0.15) is 82.3 Å². The predicted octanol–water partition coefficient (Wildman–Crippen LogP) is 5.65. The van der Waals surface area contributed by atoms with Crippen molar-refractivity contribution in [3.05, 3.63) is 47.5 Å². The molecule has 1 aliphatic rings. The number of ether oxygens (including phenoxy) is 4. The quantitative estimate of drug-likeness (QED) is 0.191. The summed E-state index contributed by atoms with van der Waals surface area (Å²) in [6.45, 7) is 2.62. The Kier molecular flexibility index (Phi) is 15.5. The highest BCUT2D eigenvalue weighted by atomic mass is 16.5. The van der Waals surface area contributed by atoms with Crippen molar-refractivity contribution in [3.63, 3.8) is 0 Å². The fraction of sp³-hybridized carbons (Fsp3) is 0.576. The number of hydrogen-bond acceptors (Lipinski definition) is 8. The minimum Gasteiger partial charge on any atom is -0.550 e. The van der Waals surface area contributed by atoms with Crippen LogP contribution in [0.5, 0.6) is 23.0 Å². The lowest BCUT2D eigenvalue weighted by molar-refractivity contribution is -0.305. The third kappa shape index (κ3) is 11.9. The van der Waals surface area contributed by atoms with E-state index >= 15 is 0 Å². The number of methoxy groups -OCH3 is 3. The first kappa shape index (κ1) is 33.8. The Balaban J connectivity index is 0.000000357. The maximum atomic E-state index is 12.3. The molecule has 0 aliphatic carbocycles. The molecule has 1 fully saturated rings. The van der Waals surface area contributed by atoms with E-state index < -0.39 is 5.97 Å². The molecule has 2 aromatic rings. The molecule has 0 bridgehead atoms. The van der Waals surface area contributed by atoms with Crippen molar-refractivity contribution in [2.24, 2.45) is 11.8 Å². The fourth-order valence-electron chi connectivity index (χ4n) is 5.05. The third-order valence-electron chi connectivity index (χ3n) is 7.44. The van der Waals surface area contributed by atoms with E-state index in [0.29, 0.717) is 36.7 Å². The first-order chi connectivity index (χ1) is 19.8. The third-order valence-corrected chi connectivity index (χ3v) is 7.44. The number of hydrogen-bond donors (Lipinski definition) is 1. The summed E-state index contributed by atoms with van der Waals surface area (Å²) in [6.07, 6.45) is 12.4. The molecular formula is C33H47O8-. The number of esters is 1. The Morgan fingerprint density at radius 3 is 2.00 bits per heavy atom. The number of carbonyl (C=O) groups excluding carboxylic acids is 2. The summed E-state index contributed by atoms with van der Waals surface area (Å²) in [6, 6.07) is 10.9. The Hall–Kier alpha value is -3.42. The summed E-state index contributed by atoms with van der Waals surface area (Å²) in [5.74, 6) is 0.545. The highest BCUT2D eigenvalue weighted by Crippen LogP contribution is 2.34. The molecule has 1 N–H and O–H groups in total. The van der Waals surface area contributed by atoms with Crippen LogP contribution in [0.4, 0.5) is 0 Å². The lowest BCUT2D eigenvalue weighted by atomic mass is 9.85. The van der Waals surface area contributed by atoms with Crippen molar-refractivity contribution in [3.8, 4) is 23.0 Å². The number of rotatable bonds is 17. The molecule has 2 aromatic carbocycles. The summed E-state index contributed by atoms with van der Waals surface area (Å²) in [5, 5.41) is 19.8. The molecule has 1 saturated heterocycles. The maximum Gasteiger partial charge on any atom is 0.309 e. The standard InChI is InChI=1S/C21H24O6.C12H24O2/c1-24-18-7-5-13(11-20(18)26-3)8-15-12-27-21(23)16(15)9-14-4-6-17(22)19(10-14)25-2;1-2-3-4-5-6-7-8-9-10-11-12(13)14/h4-7,10-11,15-16,22H,8-9,12H2,1-3H3;2-11H2,1H3,(H,13,14)/p-1/t15-,16+;/m0./s1. The van der Waals surface area contributed by atoms with Gasteiger partial charge in [0.15, 0.2) is 23.0 Å². The van der Waals surface area contributed by atoms with Crippen molar-refractivity contribution >= 4 is 11.9 Å². The second-order valence-electron chi connectivity index (χ2n) is 10.6. The summed E-state index contributed by atoms with van der Waals surface area (Å²) < 4.78 is 21.1. The van der Waals surface area contributed by atoms with Gasteiger partial charge in [-0.25, -0.2) is 0 Å². The number of aromatic hydroxyl groups is 1. The molecule has 0 aromatic heterocycles. The van der Waals surface area contributed by atoms with Crippen molar-refractivity contribution in [2.45, 2.75) is 84.0 Å². The second kappa shape index (κ2) is 18.8. The number of phenols is 1. The molecule has 3 rings (SSSR count). The zero-order chi connectivity index (χ0) is 30.0. The largest absolute Gasteiger partial charge is 0.550 e. The zero-order valence-electron chi connectivity index (χ0n) is 25.1. The smallest absolute Gasteiger partial charge is 0.309 e. The number of cyclic esters (lactones) is 1. The number of carbonyl (C=O) groups is 2. The number of phenolic OH excluding ortho intramolecular Hbond substituents is 1. The van der Waals surface area contributed by atoms with Crippen LogP contribution in [-0.2, 0) is 27.2 Å². The molecule has 8 nitrogen and oxygen atoms in total. The van der Waals surface area contributed by atoms with Gasteiger partial charge < -0.3 is 34.0 Å². The van der Waals surface area contributed by atoms with E-state index in [4.69, 9.17) is 18.9 Å². The van der Waals surface area contributed by atoms with Gasteiger partial charge in [-0.1, -0.05) is 70.4 Å². The van der Waals surface area contributed by atoms with Gasteiger partial charge in [0, 0.05) is 11.9 Å². The van der Waals surface area contributed by atoms with Gasteiger partial charge in [0.2, 0.25) is 0 Å². The van der Waals surface area contributed by atoms with E-state index in [9.17, 15) is 19.8 Å². The van der Waals surface area contributed by atoms with E-state index in [1.807, 2.05) is 18.2 Å². The van der Waals surface area contributed by atoms with Crippen LogP contribution in [-0.4, -0.2) is 45.0 Å². The SMILES string of the molecule is CCCCCCCCCCCC(=O)[O-].COc1cc(C[C@H]2C(=O)OC[C@@H]2Cc2ccc(OC)c(OC)c2)ccc1O. The molecule has 0 saturated carbocycles. The molecular weight excluding hydrogens is 524 g/mol. The molecule has 0 radical (unpaired) electrons. The topological polar surface area (TPSA) is 114 Å². The second-order valence-corrected chi connectivity index (χ2v) is 10.6. The van der Waals surface area contributed by atoms with E-state index in [0.717, 1.165) is 24.0 Å². The van der Waals surface area contributed by atoms with Crippen LogP contribution in [0, 0.1) is 11.8 Å². The molecule has 228 valence electrons. The van der Waals surface area contributed by atoms with E-state index in [1.54, 1.807) is 32.4 Å².